The Kier molecular flexibility index (Phi) is 2.54. The fraction of sp³-hybridized carbons (Fsp3) is 0.500. The van der Waals surface area contributed by atoms with E-state index in [0.717, 1.165) is 5.82 Å². The van der Waals surface area contributed by atoms with E-state index in [1.807, 2.05) is 13.8 Å². The molecule has 0 amide bonds. The third kappa shape index (κ3) is 1.98. The molecule has 0 fully saturated rings. The van der Waals surface area contributed by atoms with Gasteiger partial charge in [-0.25, -0.2) is 9.97 Å². The highest BCUT2D eigenvalue weighted by Crippen LogP contribution is 2.11. The molecule has 2 unspecified atom stereocenters. The summed E-state index contributed by atoms with van der Waals surface area (Å²) in [5, 5.41) is 0. The Labute approximate surface area is 66.7 Å². The van der Waals surface area contributed by atoms with Gasteiger partial charge in [0.15, 0.2) is 0 Å². The van der Waals surface area contributed by atoms with E-state index in [9.17, 15) is 0 Å². The summed E-state index contributed by atoms with van der Waals surface area (Å²) in [5.41, 5.74) is 5.69. The van der Waals surface area contributed by atoms with Crippen molar-refractivity contribution in [2.24, 2.45) is 5.73 Å². The minimum Gasteiger partial charge on any atom is -0.327 e. The SMILES string of the molecule is CC(N)C(C)c1ncccn1. The molecule has 60 valence electrons. The van der Waals surface area contributed by atoms with Gasteiger partial charge in [-0.15, -0.1) is 0 Å². The van der Waals surface area contributed by atoms with Crippen LogP contribution >= 0.6 is 0 Å². The molecule has 0 saturated carbocycles. The molecule has 1 aromatic heterocycles. The second-order valence-corrected chi connectivity index (χ2v) is 2.75. The number of rotatable bonds is 2. The lowest BCUT2D eigenvalue weighted by Gasteiger charge is -2.12. The molecule has 3 nitrogen and oxygen atoms in total. The fourth-order valence-electron chi connectivity index (χ4n) is 0.781. The first kappa shape index (κ1) is 8.14. The van der Waals surface area contributed by atoms with Crippen molar-refractivity contribution in [3.8, 4) is 0 Å². The molecule has 0 aromatic carbocycles. The summed E-state index contributed by atoms with van der Waals surface area (Å²) < 4.78 is 0. The van der Waals surface area contributed by atoms with Crippen LogP contribution in [-0.4, -0.2) is 16.0 Å². The number of aromatic nitrogens is 2. The quantitative estimate of drug-likeness (QED) is 0.684. The summed E-state index contributed by atoms with van der Waals surface area (Å²) >= 11 is 0. The molecule has 11 heavy (non-hydrogen) atoms. The van der Waals surface area contributed by atoms with Crippen molar-refractivity contribution in [1.29, 1.82) is 0 Å². The van der Waals surface area contributed by atoms with Gasteiger partial charge in [-0.2, -0.15) is 0 Å². The average Bonchev–Trinajstić information content (AvgIpc) is 2.05. The Hall–Kier alpha value is -0.960. The second kappa shape index (κ2) is 3.44. The Morgan fingerprint density at radius 1 is 1.27 bits per heavy atom. The molecule has 0 bridgehead atoms. The van der Waals surface area contributed by atoms with Crippen LogP contribution in [0.15, 0.2) is 18.5 Å². The van der Waals surface area contributed by atoms with E-state index >= 15 is 0 Å². The minimum absolute atomic E-state index is 0.109. The van der Waals surface area contributed by atoms with Gasteiger partial charge >= 0.3 is 0 Å². The maximum atomic E-state index is 5.69. The van der Waals surface area contributed by atoms with Crippen molar-refractivity contribution in [3.63, 3.8) is 0 Å². The van der Waals surface area contributed by atoms with Crippen molar-refractivity contribution in [1.82, 2.24) is 9.97 Å². The van der Waals surface area contributed by atoms with Gasteiger partial charge in [0.05, 0.1) is 0 Å². The highest BCUT2D eigenvalue weighted by Gasteiger charge is 2.11. The highest BCUT2D eigenvalue weighted by molar-refractivity contribution is 4.98. The van der Waals surface area contributed by atoms with Gasteiger partial charge < -0.3 is 5.73 Å². The van der Waals surface area contributed by atoms with Gasteiger partial charge in [-0.3, -0.25) is 0 Å². The number of nitrogens with two attached hydrogens (primary N) is 1. The molecule has 0 saturated heterocycles. The van der Waals surface area contributed by atoms with Gasteiger partial charge in [-0.1, -0.05) is 6.92 Å². The van der Waals surface area contributed by atoms with Crippen LogP contribution in [0.2, 0.25) is 0 Å². The molecule has 0 aliphatic heterocycles. The monoisotopic (exact) mass is 151 g/mol. The van der Waals surface area contributed by atoms with Crippen molar-refractivity contribution >= 4 is 0 Å². The van der Waals surface area contributed by atoms with E-state index in [0.29, 0.717) is 0 Å². The largest absolute Gasteiger partial charge is 0.327 e. The van der Waals surface area contributed by atoms with Crippen LogP contribution in [0.4, 0.5) is 0 Å². The van der Waals surface area contributed by atoms with Crippen LogP contribution in [-0.2, 0) is 0 Å². The fourth-order valence-corrected chi connectivity index (χ4v) is 0.781. The zero-order valence-corrected chi connectivity index (χ0v) is 6.86. The van der Waals surface area contributed by atoms with Crippen LogP contribution in [0.3, 0.4) is 0 Å². The first-order valence-corrected chi connectivity index (χ1v) is 3.74. The minimum atomic E-state index is 0.109. The summed E-state index contributed by atoms with van der Waals surface area (Å²) in [5.74, 6) is 1.05. The molecule has 2 atom stereocenters. The zero-order valence-electron chi connectivity index (χ0n) is 6.86. The predicted octanol–water partition coefficient (Wildman–Crippen LogP) is 0.927. The molecule has 2 N–H and O–H groups in total. The molecule has 0 radical (unpaired) electrons. The molecule has 1 heterocycles. The van der Waals surface area contributed by atoms with Crippen LogP contribution in [0, 0.1) is 0 Å². The van der Waals surface area contributed by atoms with Crippen LogP contribution < -0.4 is 5.73 Å². The van der Waals surface area contributed by atoms with E-state index in [-0.39, 0.29) is 12.0 Å². The van der Waals surface area contributed by atoms with E-state index in [1.54, 1.807) is 18.5 Å². The lowest BCUT2D eigenvalue weighted by Crippen LogP contribution is -2.23. The van der Waals surface area contributed by atoms with E-state index < -0.39 is 0 Å². The number of hydrogen-bond acceptors (Lipinski definition) is 3. The van der Waals surface area contributed by atoms with E-state index in [4.69, 9.17) is 5.73 Å². The zero-order chi connectivity index (χ0) is 8.27. The molecule has 1 aromatic rings. The highest BCUT2D eigenvalue weighted by atomic mass is 14.9. The van der Waals surface area contributed by atoms with E-state index in [2.05, 4.69) is 9.97 Å². The van der Waals surface area contributed by atoms with Gasteiger partial charge in [0.2, 0.25) is 0 Å². The van der Waals surface area contributed by atoms with Gasteiger partial charge in [0, 0.05) is 24.4 Å². The molecular weight excluding hydrogens is 138 g/mol. The lowest BCUT2D eigenvalue weighted by atomic mass is 10.0. The molecule has 3 heteroatoms. The third-order valence-corrected chi connectivity index (χ3v) is 1.78. The second-order valence-electron chi connectivity index (χ2n) is 2.75. The topological polar surface area (TPSA) is 51.8 Å². The predicted molar refractivity (Wildman–Crippen MR) is 44.1 cm³/mol. The van der Waals surface area contributed by atoms with Crippen molar-refractivity contribution in [2.75, 3.05) is 0 Å². The maximum Gasteiger partial charge on any atom is 0.132 e. The Bertz CT molecular complexity index is 208. The third-order valence-electron chi connectivity index (χ3n) is 1.78. The van der Waals surface area contributed by atoms with Crippen LogP contribution in [0.1, 0.15) is 25.6 Å². The van der Waals surface area contributed by atoms with Gasteiger partial charge in [0.25, 0.3) is 0 Å². The Balaban J connectivity index is 2.77. The normalized spacial score (nSPS) is 15.9. The van der Waals surface area contributed by atoms with Crippen LogP contribution in [0.25, 0.3) is 0 Å². The summed E-state index contributed by atoms with van der Waals surface area (Å²) in [6.45, 7) is 3.99. The summed E-state index contributed by atoms with van der Waals surface area (Å²) in [7, 11) is 0. The first-order chi connectivity index (χ1) is 5.22. The van der Waals surface area contributed by atoms with Crippen molar-refractivity contribution in [3.05, 3.63) is 24.3 Å². The number of hydrogen-bond donors (Lipinski definition) is 1. The average molecular weight is 151 g/mol. The lowest BCUT2D eigenvalue weighted by molar-refractivity contribution is 0.581. The smallest absolute Gasteiger partial charge is 0.132 e. The standard InChI is InChI=1S/C8H13N3/c1-6(7(2)9)8-10-4-3-5-11-8/h3-7H,9H2,1-2H3. The summed E-state index contributed by atoms with van der Waals surface area (Å²) in [6.07, 6.45) is 3.47. The molecule has 0 spiro atoms. The maximum absolute atomic E-state index is 5.69. The number of nitrogens with zero attached hydrogens (tertiary/aromatic N) is 2. The molecule has 0 aliphatic carbocycles. The van der Waals surface area contributed by atoms with Gasteiger partial charge in [0.1, 0.15) is 5.82 Å². The molecule has 1 rings (SSSR count). The summed E-state index contributed by atoms with van der Waals surface area (Å²) in [6, 6.07) is 1.91. The first-order valence-electron chi connectivity index (χ1n) is 3.74. The molecular formula is C8H13N3. The Morgan fingerprint density at radius 2 is 1.82 bits per heavy atom. The Morgan fingerprint density at radius 3 is 2.27 bits per heavy atom. The summed E-state index contributed by atoms with van der Waals surface area (Å²) in [4.78, 5) is 8.22. The van der Waals surface area contributed by atoms with Crippen LogP contribution in [0.5, 0.6) is 0 Å². The molecule has 0 aliphatic rings. The van der Waals surface area contributed by atoms with Crippen molar-refractivity contribution < 1.29 is 0 Å². The van der Waals surface area contributed by atoms with Gasteiger partial charge in [-0.05, 0) is 13.0 Å². The van der Waals surface area contributed by atoms with Crippen molar-refractivity contribution in [2.45, 2.75) is 25.8 Å². The van der Waals surface area contributed by atoms with E-state index in [1.165, 1.54) is 0 Å².